The molecule has 100 valence electrons. The first-order chi connectivity index (χ1) is 8.27. The molecular formula is C14H25BrO2. The maximum absolute atomic E-state index is 10.3. The van der Waals surface area contributed by atoms with Gasteiger partial charge in [-0.2, -0.15) is 0 Å². The fraction of sp³-hybridized carbons (Fsp3) is 0.786. The summed E-state index contributed by atoms with van der Waals surface area (Å²) in [6, 6.07) is 0. The van der Waals surface area contributed by atoms with Gasteiger partial charge in [0.25, 0.3) is 0 Å². The molecule has 0 bridgehead atoms. The lowest BCUT2D eigenvalue weighted by Gasteiger charge is -2.00. The van der Waals surface area contributed by atoms with Gasteiger partial charge in [0.2, 0.25) is 0 Å². The largest absolute Gasteiger partial charge is 0.481 e. The van der Waals surface area contributed by atoms with Crippen LogP contribution in [-0.4, -0.2) is 16.4 Å². The minimum atomic E-state index is -0.666. The predicted octanol–water partition coefficient (Wildman–Crippen LogP) is 4.92. The number of hydrogen-bond acceptors (Lipinski definition) is 1. The van der Waals surface area contributed by atoms with Crippen LogP contribution in [0.4, 0.5) is 0 Å². The molecule has 2 nitrogen and oxygen atoms in total. The van der Waals surface area contributed by atoms with E-state index >= 15 is 0 Å². The summed E-state index contributed by atoms with van der Waals surface area (Å²) in [5.41, 5.74) is 0. The van der Waals surface area contributed by atoms with E-state index in [2.05, 4.69) is 28.1 Å². The highest BCUT2D eigenvalue weighted by atomic mass is 79.9. The molecule has 0 saturated heterocycles. The van der Waals surface area contributed by atoms with E-state index in [4.69, 9.17) is 5.11 Å². The third kappa shape index (κ3) is 15.7. The second-order valence-corrected chi connectivity index (χ2v) is 5.15. The molecule has 0 aliphatic heterocycles. The summed E-state index contributed by atoms with van der Waals surface area (Å²) in [6.45, 7) is 0. The van der Waals surface area contributed by atoms with Crippen molar-refractivity contribution in [2.24, 2.45) is 0 Å². The fourth-order valence-electron chi connectivity index (χ4n) is 1.72. The van der Waals surface area contributed by atoms with Gasteiger partial charge in [0, 0.05) is 11.8 Å². The number of alkyl halides is 1. The zero-order valence-electron chi connectivity index (χ0n) is 10.7. The van der Waals surface area contributed by atoms with Crippen molar-refractivity contribution in [2.45, 2.75) is 64.2 Å². The molecule has 0 radical (unpaired) electrons. The van der Waals surface area contributed by atoms with Crippen molar-refractivity contribution in [3.05, 3.63) is 12.2 Å². The van der Waals surface area contributed by atoms with Gasteiger partial charge in [0.1, 0.15) is 0 Å². The van der Waals surface area contributed by atoms with Crippen LogP contribution in [0.5, 0.6) is 0 Å². The number of carbonyl (C=O) groups is 1. The number of carboxylic acids is 1. The molecule has 0 fully saturated rings. The van der Waals surface area contributed by atoms with E-state index in [1.165, 1.54) is 38.5 Å². The summed E-state index contributed by atoms with van der Waals surface area (Å²) in [4.78, 5) is 10.3. The first-order valence-electron chi connectivity index (χ1n) is 6.70. The standard InChI is InChI=1S/C14H25BrO2/c15-13-11-9-7-5-3-1-2-4-6-8-10-12-14(16)17/h7,9H,1-6,8,10-13H2,(H,16,17)/b9-7+. The quantitative estimate of drug-likeness (QED) is 0.315. The van der Waals surface area contributed by atoms with Gasteiger partial charge in [0.05, 0.1) is 0 Å². The van der Waals surface area contributed by atoms with E-state index in [9.17, 15) is 4.79 Å². The zero-order chi connectivity index (χ0) is 12.8. The van der Waals surface area contributed by atoms with Crippen LogP contribution in [0.15, 0.2) is 12.2 Å². The molecule has 0 aromatic heterocycles. The van der Waals surface area contributed by atoms with Crippen molar-refractivity contribution >= 4 is 21.9 Å². The maximum atomic E-state index is 10.3. The molecule has 0 heterocycles. The van der Waals surface area contributed by atoms with Gasteiger partial charge in [0.15, 0.2) is 0 Å². The zero-order valence-corrected chi connectivity index (χ0v) is 12.3. The van der Waals surface area contributed by atoms with Crippen molar-refractivity contribution in [3.63, 3.8) is 0 Å². The van der Waals surface area contributed by atoms with Crippen molar-refractivity contribution in [3.8, 4) is 0 Å². The molecule has 1 N–H and O–H groups in total. The van der Waals surface area contributed by atoms with E-state index < -0.39 is 5.97 Å². The number of carboxylic acid groups (broad SMARTS) is 1. The van der Waals surface area contributed by atoms with Crippen molar-refractivity contribution in [2.75, 3.05) is 5.33 Å². The second kappa shape index (κ2) is 13.8. The van der Waals surface area contributed by atoms with Gasteiger partial charge < -0.3 is 5.11 Å². The lowest BCUT2D eigenvalue weighted by molar-refractivity contribution is -0.137. The normalized spacial score (nSPS) is 11.1. The Morgan fingerprint density at radius 3 is 2.00 bits per heavy atom. The predicted molar refractivity (Wildman–Crippen MR) is 76.7 cm³/mol. The van der Waals surface area contributed by atoms with Crippen molar-refractivity contribution in [1.82, 2.24) is 0 Å². The number of allylic oxidation sites excluding steroid dienone is 2. The molecule has 0 aromatic carbocycles. The summed E-state index contributed by atoms with van der Waals surface area (Å²) in [7, 11) is 0. The van der Waals surface area contributed by atoms with Crippen LogP contribution in [-0.2, 0) is 4.79 Å². The van der Waals surface area contributed by atoms with Crippen LogP contribution in [0.3, 0.4) is 0 Å². The molecule has 0 rings (SSSR count). The first kappa shape index (κ1) is 16.7. The Hall–Kier alpha value is -0.310. The number of rotatable bonds is 12. The Morgan fingerprint density at radius 2 is 1.41 bits per heavy atom. The molecule has 0 aromatic rings. The summed E-state index contributed by atoms with van der Waals surface area (Å²) < 4.78 is 0. The van der Waals surface area contributed by atoms with Crippen molar-refractivity contribution in [1.29, 1.82) is 0 Å². The number of halogens is 1. The SMILES string of the molecule is O=C(O)CCCCCCCCC/C=C/CCBr. The summed E-state index contributed by atoms with van der Waals surface area (Å²) in [6.07, 6.45) is 15.4. The van der Waals surface area contributed by atoms with Crippen LogP contribution in [0.2, 0.25) is 0 Å². The summed E-state index contributed by atoms with van der Waals surface area (Å²) in [5, 5.41) is 9.52. The van der Waals surface area contributed by atoms with E-state index in [0.717, 1.165) is 24.6 Å². The Balaban J connectivity index is 3.01. The monoisotopic (exact) mass is 304 g/mol. The molecule has 0 saturated carbocycles. The van der Waals surface area contributed by atoms with Crippen LogP contribution >= 0.6 is 15.9 Å². The highest BCUT2D eigenvalue weighted by molar-refractivity contribution is 9.09. The van der Waals surface area contributed by atoms with Crippen LogP contribution in [0, 0.1) is 0 Å². The average Bonchev–Trinajstić information content (AvgIpc) is 2.30. The smallest absolute Gasteiger partial charge is 0.303 e. The molecule has 0 spiro atoms. The molecule has 0 aliphatic rings. The minimum Gasteiger partial charge on any atom is -0.481 e. The summed E-state index contributed by atoms with van der Waals surface area (Å²) >= 11 is 3.39. The Morgan fingerprint density at radius 1 is 0.882 bits per heavy atom. The lowest BCUT2D eigenvalue weighted by Crippen LogP contribution is -1.93. The molecule has 0 aliphatic carbocycles. The fourth-order valence-corrected chi connectivity index (χ4v) is 1.99. The molecule has 17 heavy (non-hydrogen) atoms. The van der Waals surface area contributed by atoms with Gasteiger partial charge in [-0.15, -0.1) is 0 Å². The second-order valence-electron chi connectivity index (χ2n) is 4.36. The van der Waals surface area contributed by atoms with Crippen LogP contribution in [0.25, 0.3) is 0 Å². The number of hydrogen-bond donors (Lipinski definition) is 1. The Bertz CT molecular complexity index is 202. The number of aliphatic carboxylic acids is 1. The Labute approximate surface area is 114 Å². The van der Waals surface area contributed by atoms with Crippen LogP contribution in [0.1, 0.15) is 64.2 Å². The topological polar surface area (TPSA) is 37.3 Å². The van der Waals surface area contributed by atoms with Gasteiger partial charge in [-0.3, -0.25) is 4.79 Å². The summed E-state index contributed by atoms with van der Waals surface area (Å²) in [5.74, 6) is -0.666. The highest BCUT2D eigenvalue weighted by Crippen LogP contribution is 2.10. The van der Waals surface area contributed by atoms with E-state index in [1.54, 1.807) is 0 Å². The molecular weight excluding hydrogens is 280 g/mol. The van der Waals surface area contributed by atoms with E-state index in [1.807, 2.05) is 0 Å². The lowest BCUT2D eigenvalue weighted by atomic mass is 10.1. The van der Waals surface area contributed by atoms with Crippen molar-refractivity contribution < 1.29 is 9.90 Å². The first-order valence-corrected chi connectivity index (χ1v) is 7.82. The van der Waals surface area contributed by atoms with E-state index in [-0.39, 0.29) is 0 Å². The van der Waals surface area contributed by atoms with Gasteiger partial charge in [-0.05, 0) is 25.7 Å². The molecule has 0 unspecified atom stereocenters. The highest BCUT2D eigenvalue weighted by Gasteiger charge is 1.96. The third-order valence-electron chi connectivity index (χ3n) is 2.70. The van der Waals surface area contributed by atoms with Gasteiger partial charge in [-0.25, -0.2) is 0 Å². The minimum absolute atomic E-state index is 0.332. The van der Waals surface area contributed by atoms with Crippen LogP contribution < -0.4 is 0 Å². The number of unbranched alkanes of at least 4 members (excludes halogenated alkanes) is 7. The third-order valence-corrected chi connectivity index (χ3v) is 3.16. The average molecular weight is 305 g/mol. The molecule has 0 atom stereocenters. The van der Waals surface area contributed by atoms with E-state index in [0.29, 0.717) is 6.42 Å². The van der Waals surface area contributed by atoms with Gasteiger partial charge >= 0.3 is 5.97 Å². The maximum Gasteiger partial charge on any atom is 0.303 e. The Kier molecular flexibility index (Phi) is 13.5. The molecule has 0 amide bonds. The van der Waals surface area contributed by atoms with Gasteiger partial charge in [-0.1, -0.05) is 60.2 Å². The molecule has 3 heteroatoms.